The highest BCUT2D eigenvalue weighted by molar-refractivity contribution is 5.75. The van der Waals surface area contributed by atoms with Crippen molar-refractivity contribution < 1.29 is 14.7 Å². The second-order valence-corrected chi connectivity index (χ2v) is 5.70. The third-order valence-corrected chi connectivity index (χ3v) is 3.67. The van der Waals surface area contributed by atoms with Crippen molar-refractivity contribution in [2.24, 2.45) is 5.92 Å². The third-order valence-electron chi connectivity index (χ3n) is 3.67. The maximum atomic E-state index is 12.0. The van der Waals surface area contributed by atoms with E-state index < -0.39 is 5.97 Å². The van der Waals surface area contributed by atoms with Crippen LogP contribution in [0.2, 0.25) is 0 Å². The number of urea groups is 1. The van der Waals surface area contributed by atoms with Gasteiger partial charge in [0.05, 0.1) is 0 Å². The van der Waals surface area contributed by atoms with Gasteiger partial charge in [-0.2, -0.15) is 0 Å². The zero-order valence-electron chi connectivity index (χ0n) is 11.5. The number of hydrogen-bond donors (Lipinski definition) is 2. The fourth-order valence-electron chi connectivity index (χ4n) is 2.04. The molecule has 2 N–H and O–H groups in total. The minimum atomic E-state index is -0.759. The van der Waals surface area contributed by atoms with Crippen LogP contribution in [0, 0.1) is 5.92 Å². The van der Waals surface area contributed by atoms with Crippen LogP contribution in [0.4, 0.5) is 4.79 Å². The third kappa shape index (κ3) is 4.55. The van der Waals surface area contributed by atoms with Crippen molar-refractivity contribution in [2.75, 3.05) is 13.1 Å². The van der Waals surface area contributed by atoms with Crippen LogP contribution in [0.5, 0.6) is 0 Å². The Morgan fingerprint density at radius 3 is 2.67 bits per heavy atom. The first kappa shape index (κ1) is 14.8. The predicted molar refractivity (Wildman–Crippen MR) is 69.5 cm³/mol. The van der Waals surface area contributed by atoms with Crippen LogP contribution in [-0.4, -0.2) is 40.6 Å². The molecule has 0 bridgehead atoms. The molecule has 0 aromatic rings. The van der Waals surface area contributed by atoms with Crippen molar-refractivity contribution >= 4 is 12.0 Å². The average Bonchev–Trinajstić information content (AvgIpc) is 2.74. The van der Waals surface area contributed by atoms with E-state index in [1.807, 2.05) is 20.8 Å². The van der Waals surface area contributed by atoms with Crippen molar-refractivity contribution in [3.05, 3.63) is 0 Å². The van der Waals surface area contributed by atoms with Gasteiger partial charge in [-0.15, -0.1) is 0 Å². The largest absolute Gasteiger partial charge is 0.481 e. The monoisotopic (exact) mass is 256 g/mol. The van der Waals surface area contributed by atoms with Crippen LogP contribution in [0.15, 0.2) is 0 Å². The molecule has 0 radical (unpaired) electrons. The molecule has 18 heavy (non-hydrogen) atoms. The normalized spacial score (nSPS) is 19.9. The van der Waals surface area contributed by atoms with Gasteiger partial charge in [0.2, 0.25) is 0 Å². The van der Waals surface area contributed by atoms with Crippen LogP contribution >= 0.6 is 0 Å². The summed E-state index contributed by atoms with van der Waals surface area (Å²) in [5, 5.41) is 11.6. The quantitative estimate of drug-likeness (QED) is 0.791. The summed E-state index contributed by atoms with van der Waals surface area (Å²) in [7, 11) is 0. The highest BCUT2D eigenvalue weighted by Gasteiger charge is 2.28. The molecule has 0 saturated carbocycles. The van der Waals surface area contributed by atoms with Gasteiger partial charge in [0, 0.05) is 25.0 Å². The first-order valence-corrected chi connectivity index (χ1v) is 6.63. The minimum absolute atomic E-state index is 0.0281. The van der Waals surface area contributed by atoms with E-state index in [-0.39, 0.29) is 18.0 Å². The molecule has 0 aliphatic carbocycles. The number of carboxylic acids is 1. The molecule has 0 aromatic heterocycles. The summed E-state index contributed by atoms with van der Waals surface area (Å²) in [4.78, 5) is 24.3. The molecular weight excluding hydrogens is 232 g/mol. The van der Waals surface area contributed by atoms with E-state index in [4.69, 9.17) is 5.11 Å². The number of carbonyl (C=O) groups is 2. The van der Waals surface area contributed by atoms with E-state index in [0.29, 0.717) is 18.9 Å². The van der Waals surface area contributed by atoms with Crippen LogP contribution in [0.3, 0.4) is 0 Å². The van der Waals surface area contributed by atoms with E-state index >= 15 is 0 Å². The van der Waals surface area contributed by atoms with Gasteiger partial charge in [-0.25, -0.2) is 4.79 Å². The highest BCUT2D eigenvalue weighted by atomic mass is 16.4. The standard InChI is InChI=1S/C13H24N2O3/c1-4-13(2,3)14-12(18)15-8-7-10(9-15)5-6-11(16)17/h10H,4-9H2,1-3H3,(H,14,18)(H,16,17). The number of aliphatic carboxylic acids is 1. The summed E-state index contributed by atoms with van der Waals surface area (Å²) in [6.45, 7) is 7.46. The molecule has 1 heterocycles. The maximum Gasteiger partial charge on any atom is 0.317 e. The molecule has 5 heteroatoms. The van der Waals surface area contributed by atoms with Gasteiger partial charge in [0.15, 0.2) is 0 Å². The Balaban J connectivity index is 2.37. The SMILES string of the molecule is CCC(C)(C)NC(=O)N1CCC(CCC(=O)O)C1. The van der Waals surface area contributed by atoms with Crippen molar-refractivity contribution in [1.82, 2.24) is 10.2 Å². The number of rotatable bonds is 5. The zero-order chi connectivity index (χ0) is 13.8. The van der Waals surface area contributed by atoms with E-state index in [9.17, 15) is 9.59 Å². The van der Waals surface area contributed by atoms with E-state index in [1.54, 1.807) is 4.90 Å². The van der Waals surface area contributed by atoms with Crippen LogP contribution in [0.1, 0.15) is 46.5 Å². The lowest BCUT2D eigenvalue weighted by molar-refractivity contribution is -0.137. The Hall–Kier alpha value is -1.26. The fraction of sp³-hybridized carbons (Fsp3) is 0.846. The van der Waals surface area contributed by atoms with Crippen molar-refractivity contribution in [3.63, 3.8) is 0 Å². The second kappa shape index (κ2) is 6.07. The molecule has 1 fully saturated rings. The Labute approximate surface area is 109 Å². The number of nitrogens with zero attached hydrogens (tertiary/aromatic N) is 1. The molecule has 1 aliphatic heterocycles. The first-order chi connectivity index (χ1) is 8.34. The van der Waals surface area contributed by atoms with Gasteiger partial charge in [-0.3, -0.25) is 4.79 Å². The predicted octanol–water partition coefficient (Wildman–Crippen LogP) is 2.07. The summed E-state index contributed by atoms with van der Waals surface area (Å²) in [5.74, 6) is -0.429. The molecule has 104 valence electrons. The van der Waals surface area contributed by atoms with Crippen LogP contribution in [0.25, 0.3) is 0 Å². The van der Waals surface area contributed by atoms with E-state index in [0.717, 1.165) is 19.4 Å². The smallest absolute Gasteiger partial charge is 0.317 e. The molecule has 1 aliphatic rings. The number of nitrogens with one attached hydrogen (secondary N) is 1. The van der Waals surface area contributed by atoms with Gasteiger partial charge in [-0.1, -0.05) is 6.92 Å². The molecule has 5 nitrogen and oxygen atoms in total. The molecule has 0 aromatic carbocycles. The lowest BCUT2D eigenvalue weighted by Crippen LogP contribution is -2.49. The molecule has 1 atom stereocenters. The highest BCUT2D eigenvalue weighted by Crippen LogP contribution is 2.21. The lowest BCUT2D eigenvalue weighted by Gasteiger charge is -2.28. The van der Waals surface area contributed by atoms with E-state index in [1.165, 1.54) is 0 Å². The maximum absolute atomic E-state index is 12.0. The fourth-order valence-corrected chi connectivity index (χ4v) is 2.04. The number of carboxylic acid groups (broad SMARTS) is 1. The summed E-state index contributed by atoms with van der Waals surface area (Å²) in [6, 6.07) is -0.0281. The Kier molecular flexibility index (Phi) is 4.99. The van der Waals surface area contributed by atoms with Gasteiger partial charge < -0.3 is 15.3 Å². The van der Waals surface area contributed by atoms with Gasteiger partial charge in [-0.05, 0) is 39.0 Å². The number of carbonyl (C=O) groups excluding carboxylic acids is 1. The van der Waals surface area contributed by atoms with Crippen molar-refractivity contribution in [2.45, 2.75) is 52.0 Å². The molecular formula is C13H24N2O3. The number of hydrogen-bond acceptors (Lipinski definition) is 2. The Morgan fingerprint density at radius 2 is 2.11 bits per heavy atom. The van der Waals surface area contributed by atoms with Crippen LogP contribution < -0.4 is 5.32 Å². The summed E-state index contributed by atoms with van der Waals surface area (Å²) in [6.07, 6.45) is 2.65. The first-order valence-electron chi connectivity index (χ1n) is 6.63. The van der Waals surface area contributed by atoms with Crippen LogP contribution in [-0.2, 0) is 4.79 Å². The van der Waals surface area contributed by atoms with Gasteiger partial charge >= 0.3 is 12.0 Å². The lowest BCUT2D eigenvalue weighted by atomic mass is 10.0. The van der Waals surface area contributed by atoms with E-state index in [2.05, 4.69) is 5.32 Å². The Bertz CT molecular complexity index is 315. The van der Waals surface area contributed by atoms with Crippen molar-refractivity contribution in [1.29, 1.82) is 0 Å². The van der Waals surface area contributed by atoms with Gasteiger partial charge in [0.1, 0.15) is 0 Å². The Morgan fingerprint density at radius 1 is 1.44 bits per heavy atom. The second-order valence-electron chi connectivity index (χ2n) is 5.70. The number of likely N-dealkylation sites (tertiary alicyclic amines) is 1. The minimum Gasteiger partial charge on any atom is -0.481 e. The average molecular weight is 256 g/mol. The molecule has 1 saturated heterocycles. The molecule has 0 spiro atoms. The molecule has 2 amide bonds. The zero-order valence-corrected chi connectivity index (χ0v) is 11.5. The number of amides is 2. The summed E-state index contributed by atoms with van der Waals surface area (Å²) < 4.78 is 0. The topological polar surface area (TPSA) is 69.6 Å². The van der Waals surface area contributed by atoms with Crippen molar-refractivity contribution in [3.8, 4) is 0 Å². The summed E-state index contributed by atoms with van der Waals surface area (Å²) >= 11 is 0. The molecule has 1 unspecified atom stereocenters. The molecule has 1 rings (SSSR count). The summed E-state index contributed by atoms with van der Waals surface area (Å²) in [5.41, 5.74) is -0.184. The van der Waals surface area contributed by atoms with Gasteiger partial charge in [0.25, 0.3) is 0 Å².